The average Bonchev–Trinajstić information content (AvgIpc) is 2.73. The Hall–Kier alpha value is -2.77. The molecule has 0 spiro atoms. The quantitative estimate of drug-likeness (QED) is 0.736. The van der Waals surface area contributed by atoms with Crippen LogP contribution in [0.5, 0.6) is 0 Å². The van der Waals surface area contributed by atoms with Crippen LogP contribution in [0.25, 0.3) is 10.9 Å². The molecule has 1 fully saturated rings. The molecule has 156 valence electrons. The number of aromatic nitrogens is 3. The number of carboxylic acids is 1. The van der Waals surface area contributed by atoms with Crippen molar-refractivity contribution in [3.8, 4) is 0 Å². The van der Waals surface area contributed by atoms with Gasteiger partial charge in [-0.2, -0.15) is 0 Å². The van der Waals surface area contributed by atoms with E-state index in [1.165, 1.54) is 4.68 Å². The summed E-state index contributed by atoms with van der Waals surface area (Å²) >= 11 is 0. The standard InChI is InChI=1S/C21H28N4O4/c1-3-13(2)18(21(28)29)22-19(26)15-10-8-14(9-11-15)12-25-20(27)16-6-4-5-7-17(16)23-24-25/h4-7,13-15,18H,3,8-12H2,1-2H3,(H,22,26)(H,28,29)/t13-,14?,15?,18+/m1/s1. The zero-order valence-electron chi connectivity index (χ0n) is 16.9. The van der Waals surface area contributed by atoms with Crippen molar-refractivity contribution >= 4 is 22.8 Å². The molecule has 2 aromatic rings. The van der Waals surface area contributed by atoms with Crippen LogP contribution in [0.3, 0.4) is 0 Å². The molecule has 3 rings (SSSR count). The molecule has 2 atom stereocenters. The Morgan fingerprint density at radius 1 is 1.24 bits per heavy atom. The Morgan fingerprint density at radius 3 is 2.59 bits per heavy atom. The van der Waals surface area contributed by atoms with Crippen LogP contribution >= 0.6 is 0 Å². The molecule has 1 aromatic carbocycles. The van der Waals surface area contributed by atoms with Crippen LogP contribution < -0.4 is 10.9 Å². The first-order valence-corrected chi connectivity index (χ1v) is 10.3. The Morgan fingerprint density at radius 2 is 1.93 bits per heavy atom. The lowest BCUT2D eigenvalue weighted by Crippen LogP contribution is -2.47. The maximum absolute atomic E-state index is 12.6. The molecule has 1 saturated carbocycles. The summed E-state index contributed by atoms with van der Waals surface area (Å²) in [4.78, 5) is 36.6. The largest absolute Gasteiger partial charge is 0.480 e. The molecule has 8 nitrogen and oxygen atoms in total. The van der Waals surface area contributed by atoms with Gasteiger partial charge < -0.3 is 10.4 Å². The Kier molecular flexibility index (Phi) is 6.61. The third kappa shape index (κ3) is 4.81. The van der Waals surface area contributed by atoms with Gasteiger partial charge >= 0.3 is 5.97 Å². The second-order valence-electron chi connectivity index (χ2n) is 8.02. The molecule has 0 bridgehead atoms. The van der Waals surface area contributed by atoms with Gasteiger partial charge in [-0.15, -0.1) is 5.10 Å². The highest BCUT2D eigenvalue weighted by Gasteiger charge is 2.31. The van der Waals surface area contributed by atoms with Gasteiger partial charge in [-0.3, -0.25) is 9.59 Å². The molecule has 1 aliphatic carbocycles. The van der Waals surface area contributed by atoms with Crippen molar-refractivity contribution in [3.05, 3.63) is 34.6 Å². The van der Waals surface area contributed by atoms with E-state index in [-0.39, 0.29) is 29.2 Å². The predicted octanol–water partition coefficient (Wildman–Crippen LogP) is 2.21. The lowest BCUT2D eigenvalue weighted by Gasteiger charge is -2.29. The first kappa shape index (κ1) is 21.0. The molecular formula is C21H28N4O4. The number of benzene rings is 1. The fraction of sp³-hybridized carbons (Fsp3) is 0.571. The van der Waals surface area contributed by atoms with Crippen LogP contribution in [0, 0.1) is 17.8 Å². The Balaban J connectivity index is 1.58. The first-order valence-electron chi connectivity index (χ1n) is 10.3. The predicted molar refractivity (Wildman–Crippen MR) is 108 cm³/mol. The monoisotopic (exact) mass is 400 g/mol. The van der Waals surface area contributed by atoms with E-state index < -0.39 is 12.0 Å². The second kappa shape index (κ2) is 9.15. The van der Waals surface area contributed by atoms with Crippen molar-refractivity contribution in [2.75, 3.05) is 0 Å². The molecule has 29 heavy (non-hydrogen) atoms. The molecule has 8 heteroatoms. The molecule has 1 heterocycles. The molecular weight excluding hydrogens is 372 g/mol. The van der Waals surface area contributed by atoms with E-state index in [1.54, 1.807) is 12.1 Å². The normalized spacial score (nSPS) is 21.4. The molecule has 0 aliphatic heterocycles. The third-order valence-corrected chi connectivity index (χ3v) is 6.05. The SMILES string of the molecule is CC[C@@H](C)[C@H](NC(=O)C1CCC(Cn2nnc3ccccc3c2=O)CC1)C(=O)O. The van der Waals surface area contributed by atoms with E-state index in [0.717, 1.165) is 12.8 Å². The van der Waals surface area contributed by atoms with Gasteiger partial charge in [-0.25, -0.2) is 9.48 Å². The average molecular weight is 400 g/mol. The van der Waals surface area contributed by atoms with Gasteiger partial charge in [0.1, 0.15) is 11.6 Å². The van der Waals surface area contributed by atoms with Crippen LogP contribution in [-0.4, -0.2) is 38.0 Å². The molecule has 1 aliphatic rings. The van der Waals surface area contributed by atoms with Crippen LogP contribution in [0.15, 0.2) is 29.1 Å². The number of carboxylic acid groups (broad SMARTS) is 1. The molecule has 1 aromatic heterocycles. The summed E-state index contributed by atoms with van der Waals surface area (Å²) in [5.41, 5.74) is 0.441. The van der Waals surface area contributed by atoms with Gasteiger partial charge in [-0.1, -0.05) is 37.6 Å². The van der Waals surface area contributed by atoms with Gasteiger partial charge in [0, 0.05) is 12.5 Å². The van der Waals surface area contributed by atoms with Crippen molar-refractivity contribution in [2.24, 2.45) is 17.8 Å². The highest BCUT2D eigenvalue weighted by Crippen LogP contribution is 2.30. The van der Waals surface area contributed by atoms with Crippen LogP contribution in [0.2, 0.25) is 0 Å². The number of carbonyl (C=O) groups excluding carboxylic acids is 1. The Labute approximate surface area is 169 Å². The van der Waals surface area contributed by atoms with Crippen LogP contribution in [0.1, 0.15) is 46.0 Å². The van der Waals surface area contributed by atoms with Crippen LogP contribution in [-0.2, 0) is 16.1 Å². The topological polar surface area (TPSA) is 114 Å². The minimum Gasteiger partial charge on any atom is -0.480 e. The lowest BCUT2D eigenvalue weighted by molar-refractivity contribution is -0.144. The lowest BCUT2D eigenvalue weighted by atomic mass is 9.81. The minimum atomic E-state index is -0.990. The number of nitrogens with one attached hydrogen (secondary N) is 1. The summed E-state index contributed by atoms with van der Waals surface area (Å²) in [6.07, 6.45) is 3.63. The van der Waals surface area contributed by atoms with E-state index in [9.17, 15) is 19.5 Å². The van der Waals surface area contributed by atoms with E-state index in [0.29, 0.717) is 36.7 Å². The molecule has 1 amide bonds. The molecule has 2 N–H and O–H groups in total. The van der Waals surface area contributed by atoms with E-state index in [1.807, 2.05) is 26.0 Å². The van der Waals surface area contributed by atoms with E-state index >= 15 is 0 Å². The van der Waals surface area contributed by atoms with Crippen LogP contribution in [0.4, 0.5) is 0 Å². The van der Waals surface area contributed by atoms with Crippen molar-refractivity contribution in [1.29, 1.82) is 0 Å². The van der Waals surface area contributed by atoms with E-state index in [2.05, 4.69) is 15.6 Å². The number of hydrogen-bond donors (Lipinski definition) is 2. The molecule has 0 saturated heterocycles. The maximum Gasteiger partial charge on any atom is 0.326 e. The fourth-order valence-electron chi connectivity index (χ4n) is 3.95. The highest BCUT2D eigenvalue weighted by atomic mass is 16.4. The first-order chi connectivity index (χ1) is 13.9. The summed E-state index contributed by atoms with van der Waals surface area (Å²) in [7, 11) is 0. The third-order valence-electron chi connectivity index (χ3n) is 6.05. The van der Waals surface area contributed by atoms with Crippen molar-refractivity contribution in [3.63, 3.8) is 0 Å². The number of rotatable bonds is 7. The summed E-state index contributed by atoms with van der Waals surface area (Å²) in [5, 5.41) is 20.8. The highest BCUT2D eigenvalue weighted by molar-refractivity contribution is 5.85. The Bertz CT molecular complexity index is 934. The number of nitrogens with zero attached hydrogens (tertiary/aromatic N) is 3. The van der Waals surface area contributed by atoms with E-state index in [4.69, 9.17) is 0 Å². The number of fused-ring (bicyclic) bond motifs is 1. The van der Waals surface area contributed by atoms with Crippen molar-refractivity contribution in [2.45, 2.75) is 58.5 Å². The number of carbonyl (C=O) groups is 2. The number of hydrogen-bond acceptors (Lipinski definition) is 5. The summed E-state index contributed by atoms with van der Waals surface area (Å²) < 4.78 is 1.41. The van der Waals surface area contributed by atoms with Gasteiger partial charge in [0.05, 0.1) is 5.39 Å². The van der Waals surface area contributed by atoms with Gasteiger partial charge in [0.2, 0.25) is 5.91 Å². The summed E-state index contributed by atoms with van der Waals surface area (Å²) in [5.74, 6) is -1.23. The van der Waals surface area contributed by atoms with Gasteiger partial charge in [0.15, 0.2) is 0 Å². The fourth-order valence-corrected chi connectivity index (χ4v) is 3.95. The number of aliphatic carboxylic acids is 1. The summed E-state index contributed by atoms with van der Waals surface area (Å²) in [6, 6.07) is 6.30. The minimum absolute atomic E-state index is 0.119. The van der Waals surface area contributed by atoms with Crippen molar-refractivity contribution in [1.82, 2.24) is 20.3 Å². The maximum atomic E-state index is 12.6. The molecule has 0 unspecified atom stereocenters. The second-order valence-corrected chi connectivity index (χ2v) is 8.02. The van der Waals surface area contributed by atoms with Gasteiger partial charge in [-0.05, 0) is 49.7 Å². The molecule has 0 radical (unpaired) electrons. The summed E-state index contributed by atoms with van der Waals surface area (Å²) in [6.45, 7) is 4.23. The zero-order chi connectivity index (χ0) is 21.0. The zero-order valence-corrected chi connectivity index (χ0v) is 16.9. The van der Waals surface area contributed by atoms with Gasteiger partial charge in [0.25, 0.3) is 5.56 Å². The van der Waals surface area contributed by atoms with Crippen molar-refractivity contribution < 1.29 is 14.7 Å². The smallest absolute Gasteiger partial charge is 0.326 e. The number of amides is 1.